The highest BCUT2D eigenvalue weighted by Crippen LogP contribution is 2.23. The highest BCUT2D eigenvalue weighted by molar-refractivity contribution is 5.68. The van der Waals surface area contributed by atoms with Gasteiger partial charge in [-0.25, -0.2) is 4.79 Å². The molecule has 1 aliphatic rings. The van der Waals surface area contributed by atoms with E-state index in [0.29, 0.717) is 19.1 Å². The molecule has 122 valence electrons. The lowest BCUT2D eigenvalue weighted by Gasteiger charge is -2.24. The van der Waals surface area contributed by atoms with Gasteiger partial charge in [0.15, 0.2) is 0 Å². The third-order valence-corrected chi connectivity index (χ3v) is 3.66. The lowest BCUT2D eigenvalue weighted by molar-refractivity contribution is 0.0285. The lowest BCUT2D eigenvalue weighted by atomic mass is 10.1. The first kappa shape index (κ1) is 16.5. The van der Waals surface area contributed by atoms with Crippen LogP contribution in [-0.4, -0.2) is 36.3 Å². The molecule has 1 atom stereocenters. The molecule has 2 N–H and O–H groups in total. The van der Waals surface area contributed by atoms with Crippen molar-refractivity contribution in [1.82, 2.24) is 4.90 Å². The molecule has 0 radical (unpaired) electrons. The van der Waals surface area contributed by atoms with Crippen LogP contribution in [0.5, 0.6) is 5.75 Å². The second-order valence-electron chi connectivity index (χ2n) is 6.91. The Morgan fingerprint density at radius 2 is 2.14 bits per heavy atom. The molecular weight excluding hydrogens is 280 g/mol. The molecule has 0 aliphatic carbocycles. The van der Waals surface area contributed by atoms with Crippen molar-refractivity contribution in [3.63, 3.8) is 0 Å². The van der Waals surface area contributed by atoms with E-state index in [9.17, 15) is 4.79 Å². The van der Waals surface area contributed by atoms with Gasteiger partial charge in [-0.1, -0.05) is 0 Å². The zero-order valence-corrected chi connectivity index (χ0v) is 13.9. The van der Waals surface area contributed by atoms with Crippen LogP contribution in [0.4, 0.5) is 10.5 Å². The number of nitrogens with zero attached hydrogens (tertiary/aromatic N) is 1. The summed E-state index contributed by atoms with van der Waals surface area (Å²) >= 11 is 0. The van der Waals surface area contributed by atoms with Crippen LogP contribution in [0.1, 0.15) is 32.8 Å². The Balaban J connectivity index is 1.81. The number of hydrogen-bond donors (Lipinski definition) is 1. The Kier molecular flexibility index (Phi) is 4.84. The van der Waals surface area contributed by atoms with Crippen molar-refractivity contribution in [2.75, 3.05) is 25.4 Å². The van der Waals surface area contributed by atoms with Gasteiger partial charge in [-0.05, 0) is 57.9 Å². The summed E-state index contributed by atoms with van der Waals surface area (Å²) < 4.78 is 11.2. The zero-order valence-electron chi connectivity index (χ0n) is 13.9. The van der Waals surface area contributed by atoms with Gasteiger partial charge in [0.2, 0.25) is 0 Å². The van der Waals surface area contributed by atoms with E-state index in [-0.39, 0.29) is 6.09 Å². The summed E-state index contributed by atoms with van der Waals surface area (Å²) in [6, 6.07) is 5.67. The number of anilines is 1. The van der Waals surface area contributed by atoms with Gasteiger partial charge in [-0.3, -0.25) is 0 Å². The topological polar surface area (TPSA) is 64.8 Å². The minimum absolute atomic E-state index is 0.238. The third-order valence-electron chi connectivity index (χ3n) is 3.66. The van der Waals surface area contributed by atoms with Crippen LogP contribution < -0.4 is 10.5 Å². The summed E-state index contributed by atoms with van der Waals surface area (Å²) in [7, 11) is 0. The average molecular weight is 306 g/mol. The van der Waals surface area contributed by atoms with Gasteiger partial charge in [0.1, 0.15) is 11.4 Å². The number of nitrogen functional groups attached to an aromatic ring is 1. The second-order valence-corrected chi connectivity index (χ2v) is 6.91. The molecule has 0 bridgehead atoms. The number of carbonyl (C=O) groups excluding carboxylic acids is 1. The summed E-state index contributed by atoms with van der Waals surface area (Å²) in [6.45, 7) is 9.61. The molecule has 1 heterocycles. The van der Waals surface area contributed by atoms with E-state index >= 15 is 0 Å². The average Bonchev–Trinajstić information content (AvgIpc) is 2.87. The monoisotopic (exact) mass is 306 g/mol. The van der Waals surface area contributed by atoms with Gasteiger partial charge in [0.05, 0.1) is 6.61 Å². The highest BCUT2D eigenvalue weighted by atomic mass is 16.6. The standard InChI is InChI=1S/C17H26N2O3/c1-12-9-14(5-6-15(12)18)21-11-13-7-8-19(10-13)16(20)22-17(2,3)4/h5-6,9,13H,7-8,10-11,18H2,1-4H3. The molecule has 1 aromatic rings. The lowest BCUT2D eigenvalue weighted by Crippen LogP contribution is -2.35. The second kappa shape index (κ2) is 6.46. The number of hydrogen-bond acceptors (Lipinski definition) is 4. The van der Waals surface area contributed by atoms with Crippen LogP contribution in [-0.2, 0) is 4.74 Å². The molecule has 0 spiro atoms. The number of aryl methyl sites for hydroxylation is 1. The number of rotatable bonds is 3. The molecule has 0 saturated carbocycles. The van der Waals surface area contributed by atoms with Crippen molar-refractivity contribution in [2.45, 2.75) is 39.7 Å². The normalized spacial score (nSPS) is 18.4. The van der Waals surface area contributed by atoms with E-state index in [1.165, 1.54) is 0 Å². The molecule has 1 fully saturated rings. The predicted octanol–water partition coefficient (Wildman–Crippen LogP) is 3.21. The van der Waals surface area contributed by atoms with Gasteiger partial charge < -0.3 is 20.1 Å². The van der Waals surface area contributed by atoms with Crippen LogP contribution in [0.15, 0.2) is 18.2 Å². The maximum atomic E-state index is 12.0. The summed E-state index contributed by atoms with van der Waals surface area (Å²) in [4.78, 5) is 13.8. The Labute approximate surface area is 132 Å². The first-order chi connectivity index (χ1) is 10.2. The third kappa shape index (κ3) is 4.55. The van der Waals surface area contributed by atoms with Gasteiger partial charge >= 0.3 is 6.09 Å². The fourth-order valence-electron chi connectivity index (χ4n) is 2.41. The highest BCUT2D eigenvalue weighted by Gasteiger charge is 2.30. The van der Waals surface area contributed by atoms with Crippen molar-refractivity contribution in [3.05, 3.63) is 23.8 Å². The summed E-state index contributed by atoms with van der Waals surface area (Å²) in [5, 5.41) is 0. The van der Waals surface area contributed by atoms with Gasteiger partial charge in [-0.2, -0.15) is 0 Å². The number of ether oxygens (including phenoxy) is 2. The van der Waals surface area contributed by atoms with Crippen LogP contribution in [0.3, 0.4) is 0 Å². The van der Waals surface area contributed by atoms with Crippen LogP contribution >= 0.6 is 0 Å². The first-order valence-corrected chi connectivity index (χ1v) is 7.71. The molecule has 1 unspecified atom stereocenters. The first-order valence-electron chi connectivity index (χ1n) is 7.71. The van der Waals surface area contributed by atoms with Crippen molar-refractivity contribution in [1.29, 1.82) is 0 Å². The van der Waals surface area contributed by atoms with E-state index in [1.807, 2.05) is 45.9 Å². The van der Waals surface area contributed by atoms with E-state index in [0.717, 1.165) is 30.0 Å². The molecule has 5 nitrogen and oxygen atoms in total. The summed E-state index contributed by atoms with van der Waals surface area (Å²) in [6.07, 6.45) is 0.700. The molecule has 1 saturated heterocycles. The van der Waals surface area contributed by atoms with E-state index in [2.05, 4.69) is 0 Å². The number of benzene rings is 1. The van der Waals surface area contributed by atoms with Crippen molar-refractivity contribution in [2.24, 2.45) is 5.92 Å². The smallest absolute Gasteiger partial charge is 0.410 e. The largest absolute Gasteiger partial charge is 0.493 e. The molecule has 22 heavy (non-hydrogen) atoms. The minimum Gasteiger partial charge on any atom is -0.493 e. The van der Waals surface area contributed by atoms with Crippen LogP contribution in [0, 0.1) is 12.8 Å². The van der Waals surface area contributed by atoms with Gasteiger partial charge in [0.25, 0.3) is 0 Å². The summed E-state index contributed by atoms with van der Waals surface area (Å²) in [5.74, 6) is 1.16. The fourth-order valence-corrected chi connectivity index (χ4v) is 2.41. The van der Waals surface area contributed by atoms with E-state index in [4.69, 9.17) is 15.2 Å². The molecule has 1 aliphatic heterocycles. The Morgan fingerprint density at radius 3 is 2.77 bits per heavy atom. The fraction of sp³-hybridized carbons (Fsp3) is 0.588. The number of likely N-dealkylation sites (tertiary alicyclic amines) is 1. The van der Waals surface area contributed by atoms with Gasteiger partial charge in [0, 0.05) is 24.7 Å². The SMILES string of the molecule is Cc1cc(OCC2CCN(C(=O)OC(C)(C)C)C2)ccc1N. The van der Waals surface area contributed by atoms with E-state index in [1.54, 1.807) is 4.90 Å². The molecule has 5 heteroatoms. The van der Waals surface area contributed by atoms with Crippen molar-refractivity contribution in [3.8, 4) is 5.75 Å². The Bertz CT molecular complexity index is 537. The predicted molar refractivity (Wildman–Crippen MR) is 87.0 cm³/mol. The maximum Gasteiger partial charge on any atom is 0.410 e. The quantitative estimate of drug-likeness (QED) is 0.871. The Hall–Kier alpha value is -1.91. The minimum atomic E-state index is -0.451. The van der Waals surface area contributed by atoms with Crippen LogP contribution in [0.2, 0.25) is 0 Å². The molecule has 2 rings (SSSR count). The molecule has 0 aromatic heterocycles. The molecule has 1 amide bonds. The molecule has 1 aromatic carbocycles. The van der Waals surface area contributed by atoms with Crippen LogP contribution in [0.25, 0.3) is 0 Å². The molecular formula is C17H26N2O3. The van der Waals surface area contributed by atoms with Crippen molar-refractivity contribution < 1.29 is 14.3 Å². The zero-order chi connectivity index (χ0) is 16.3. The number of nitrogens with two attached hydrogens (primary N) is 1. The summed E-state index contributed by atoms with van der Waals surface area (Å²) in [5.41, 5.74) is 7.13. The number of carbonyl (C=O) groups is 1. The van der Waals surface area contributed by atoms with E-state index < -0.39 is 5.60 Å². The number of amides is 1. The Morgan fingerprint density at radius 1 is 1.41 bits per heavy atom. The maximum absolute atomic E-state index is 12.0. The van der Waals surface area contributed by atoms with Gasteiger partial charge in [-0.15, -0.1) is 0 Å². The van der Waals surface area contributed by atoms with Crippen molar-refractivity contribution >= 4 is 11.8 Å².